The van der Waals surface area contributed by atoms with E-state index in [1.807, 2.05) is 24.3 Å². The summed E-state index contributed by atoms with van der Waals surface area (Å²) in [6.07, 6.45) is -0.658. The van der Waals surface area contributed by atoms with Crippen LogP contribution in [-0.2, 0) is 9.47 Å². The van der Waals surface area contributed by atoms with Gasteiger partial charge in [0.15, 0.2) is 0 Å². The van der Waals surface area contributed by atoms with E-state index in [-0.39, 0.29) is 5.92 Å². The predicted molar refractivity (Wildman–Crippen MR) is 76.1 cm³/mol. The number of carbonyl (C=O) groups excluding carboxylic acids is 1. The van der Waals surface area contributed by atoms with E-state index in [0.29, 0.717) is 6.61 Å². The molecular formula is C17H15O3. The van der Waals surface area contributed by atoms with Crippen molar-refractivity contribution >= 4 is 6.16 Å². The molecule has 0 saturated heterocycles. The van der Waals surface area contributed by atoms with Crippen molar-refractivity contribution in [3.8, 4) is 11.1 Å². The van der Waals surface area contributed by atoms with E-state index < -0.39 is 6.16 Å². The van der Waals surface area contributed by atoms with Gasteiger partial charge in [0, 0.05) is 5.92 Å². The molecule has 101 valence electrons. The number of fused-ring (bicyclic) bond motifs is 3. The summed E-state index contributed by atoms with van der Waals surface area (Å²) in [5.74, 6) is 0.0757. The average molecular weight is 267 g/mol. The van der Waals surface area contributed by atoms with Gasteiger partial charge in [-0.2, -0.15) is 0 Å². The first kappa shape index (κ1) is 12.7. The third kappa shape index (κ3) is 2.16. The average Bonchev–Trinajstić information content (AvgIpc) is 2.80. The minimum Gasteiger partial charge on any atom is -0.433 e. The molecule has 0 heterocycles. The van der Waals surface area contributed by atoms with Crippen molar-refractivity contribution in [2.45, 2.75) is 12.8 Å². The van der Waals surface area contributed by atoms with E-state index in [1.165, 1.54) is 28.9 Å². The standard InChI is InChI=1S/C17H15O3/c1-2-19-17(18)20-11-16-14-9-5-3-7-12(14)13-8-4-6-10-15(13)16/h2-10,16H,11H2,1H3. The normalized spacial score (nSPS) is 12.7. The van der Waals surface area contributed by atoms with Gasteiger partial charge < -0.3 is 9.47 Å². The van der Waals surface area contributed by atoms with Gasteiger partial charge in [-0.3, -0.25) is 0 Å². The van der Waals surface area contributed by atoms with E-state index in [0.717, 1.165) is 0 Å². The molecule has 1 radical (unpaired) electrons. The molecule has 0 aliphatic heterocycles. The van der Waals surface area contributed by atoms with Crippen LogP contribution >= 0.6 is 0 Å². The highest BCUT2D eigenvalue weighted by molar-refractivity contribution is 5.78. The molecule has 0 amide bonds. The molecule has 0 unspecified atom stereocenters. The highest BCUT2D eigenvalue weighted by Gasteiger charge is 2.29. The van der Waals surface area contributed by atoms with Gasteiger partial charge >= 0.3 is 6.16 Å². The fourth-order valence-electron chi connectivity index (χ4n) is 2.72. The molecule has 0 fully saturated rings. The Morgan fingerprint density at radius 1 is 1.05 bits per heavy atom. The van der Waals surface area contributed by atoms with Crippen molar-refractivity contribution < 1.29 is 14.3 Å². The lowest BCUT2D eigenvalue weighted by molar-refractivity contribution is 0.0726. The van der Waals surface area contributed by atoms with Gasteiger partial charge in [0.2, 0.25) is 0 Å². The first-order chi connectivity index (χ1) is 9.81. The molecule has 3 heteroatoms. The van der Waals surface area contributed by atoms with E-state index >= 15 is 0 Å². The van der Waals surface area contributed by atoms with Crippen molar-refractivity contribution in [1.82, 2.24) is 0 Å². The van der Waals surface area contributed by atoms with Crippen LogP contribution in [0.1, 0.15) is 24.0 Å². The Morgan fingerprint density at radius 3 is 2.15 bits per heavy atom. The van der Waals surface area contributed by atoms with Crippen LogP contribution in [0, 0.1) is 6.61 Å². The predicted octanol–water partition coefficient (Wildman–Crippen LogP) is 4.13. The number of rotatable bonds is 3. The van der Waals surface area contributed by atoms with Gasteiger partial charge in [0.05, 0.1) is 0 Å². The lowest BCUT2D eigenvalue weighted by Gasteiger charge is -2.13. The van der Waals surface area contributed by atoms with Crippen LogP contribution < -0.4 is 0 Å². The Kier molecular flexibility index (Phi) is 3.42. The molecule has 0 bridgehead atoms. The summed E-state index contributed by atoms with van der Waals surface area (Å²) in [6, 6.07) is 16.4. The zero-order valence-electron chi connectivity index (χ0n) is 11.2. The summed E-state index contributed by atoms with van der Waals surface area (Å²) in [6.45, 7) is 3.25. The second-order valence-electron chi connectivity index (χ2n) is 4.64. The van der Waals surface area contributed by atoms with E-state index in [9.17, 15) is 4.79 Å². The quantitative estimate of drug-likeness (QED) is 0.784. The summed E-state index contributed by atoms with van der Waals surface area (Å²) >= 11 is 0. The number of benzene rings is 2. The highest BCUT2D eigenvalue weighted by Crippen LogP contribution is 2.44. The lowest BCUT2D eigenvalue weighted by Crippen LogP contribution is -2.12. The fourth-order valence-corrected chi connectivity index (χ4v) is 2.72. The zero-order chi connectivity index (χ0) is 13.9. The lowest BCUT2D eigenvalue weighted by atomic mass is 9.98. The maximum absolute atomic E-state index is 11.3. The van der Waals surface area contributed by atoms with Crippen molar-refractivity contribution in [2.24, 2.45) is 0 Å². The van der Waals surface area contributed by atoms with Crippen LogP contribution in [0.5, 0.6) is 0 Å². The number of hydrogen-bond acceptors (Lipinski definition) is 3. The Hall–Kier alpha value is -2.29. The molecule has 20 heavy (non-hydrogen) atoms. The highest BCUT2D eigenvalue weighted by atomic mass is 16.7. The Labute approximate surface area is 118 Å². The Bertz CT molecular complexity index is 588. The molecule has 2 aromatic rings. The summed E-state index contributed by atoms with van der Waals surface area (Å²) in [5.41, 5.74) is 4.82. The van der Waals surface area contributed by atoms with E-state index in [2.05, 4.69) is 24.3 Å². The van der Waals surface area contributed by atoms with Gasteiger partial charge in [0.1, 0.15) is 13.2 Å². The van der Waals surface area contributed by atoms with Crippen molar-refractivity contribution in [1.29, 1.82) is 0 Å². The van der Waals surface area contributed by atoms with Gasteiger partial charge in [0.25, 0.3) is 0 Å². The molecule has 1 aliphatic rings. The second-order valence-corrected chi connectivity index (χ2v) is 4.64. The molecular weight excluding hydrogens is 252 g/mol. The Morgan fingerprint density at radius 2 is 1.60 bits per heavy atom. The van der Waals surface area contributed by atoms with E-state index in [1.54, 1.807) is 6.92 Å². The van der Waals surface area contributed by atoms with Crippen LogP contribution in [-0.4, -0.2) is 12.8 Å². The number of hydrogen-bond donors (Lipinski definition) is 0. The second kappa shape index (κ2) is 5.37. The SMILES string of the molecule is C[CH]OC(=O)OCC1c2ccccc2-c2ccccc21. The van der Waals surface area contributed by atoms with Gasteiger partial charge in [-0.15, -0.1) is 0 Å². The maximum atomic E-state index is 11.3. The number of ether oxygens (including phenoxy) is 2. The van der Waals surface area contributed by atoms with Crippen molar-refractivity contribution in [3.63, 3.8) is 0 Å². The number of carbonyl (C=O) groups is 1. The largest absolute Gasteiger partial charge is 0.508 e. The Balaban J connectivity index is 1.89. The third-order valence-electron chi connectivity index (χ3n) is 3.54. The molecule has 0 N–H and O–H groups in total. The minimum atomic E-state index is -0.658. The third-order valence-corrected chi connectivity index (χ3v) is 3.54. The molecule has 0 saturated carbocycles. The first-order valence-electron chi connectivity index (χ1n) is 6.60. The van der Waals surface area contributed by atoms with Crippen LogP contribution in [0.2, 0.25) is 0 Å². The fraction of sp³-hybridized carbons (Fsp3) is 0.176. The molecule has 2 aromatic carbocycles. The summed E-state index contributed by atoms with van der Waals surface area (Å²) in [4.78, 5) is 11.3. The van der Waals surface area contributed by atoms with Crippen LogP contribution in [0.3, 0.4) is 0 Å². The zero-order valence-corrected chi connectivity index (χ0v) is 11.2. The van der Waals surface area contributed by atoms with Crippen molar-refractivity contribution in [3.05, 3.63) is 66.3 Å². The molecule has 0 atom stereocenters. The smallest absolute Gasteiger partial charge is 0.433 e. The first-order valence-corrected chi connectivity index (χ1v) is 6.60. The van der Waals surface area contributed by atoms with Crippen LogP contribution in [0.4, 0.5) is 4.79 Å². The van der Waals surface area contributed by atoms with Gasteiger partial charge in [-0.25, -0.2) is 4.79 Å². The van der Waals surface area contributed by atoms with Crippen LogP contribution in [0.15, 0.2) is 48.5 Å². The molecule has 0 spiro atoms. The molecule has 1 aliphatic carbocycles. The maximum Gasteiger partial charge on any atom is 0.508 e. The van der Waals surface area contributed by atoms with Gasteiger partial charge in [-0.05, 0) is 29.2 Å². The van der Waals surface area contributed by atoms with Crippen LogP contribution in [0.25, 0.3) is 11.1 Å². The molecule has 3 rings (SSSR count). The van der Waals surface area contributed by atoms with Crippen molar-refractivity contribution in [2.75, 3.05) is 6.61 Å². The van der Waals surface area contributed by atoms with Gasteiger partial charge in [-0.1, -0.05) is 48.5 Å². The topological polar surface area (TPSA) is 35.5 Å². The monoisotopic (exact) mass is 267 g/mol. The molecule has 3 nitrogen and oxygen atoms in total. The molecule has 0 aromatic heterocycles. The minimum absolute atomic E-state index is 0.0757. The van der Waals surface area contributed by atoms with E-state index in [4.69, 9.17) is 9.47 Å². The summed E-state index contributed by atoms with van der Waals surface area (Å²) in [7, 11) is 0. The summed E-state index contributed by atoms with van der Waals surface area (Å²) < 4.78 is 9.88. The summed E-state index contributed by atoms with van der Waals surface area (Å²) in [5, 5.41) is 0.